The third-order valence-electron chi connectivity index (χ3n) is 2.46. The molecule has 0 aromatic rings. The number of rotatable bonds is 2. The van der Waals surface area contributed by atoms with Crippen molar-refractivity contribution in [2.75, 3.05) is 6.61 Å². The van der Waals surface area contributed by atoms with Crippen LogP contribution in [0.25, 0.3) is 0 Å². The Morgan fingerprint density at radius 2 is 2.15 bits per heavy atom. The van der Waals surface area contributed by atoms with Crippen molar-refractivity contribution in [1.29, 1.82) is 0 Å². The zero-order chi connectivity index (χ0) is 9.90. The van der Waals surface area contributed by atoms with Gasteiger partial charge in [0.25, 0.3) is 0 Å². The topological polar surface area (TPSA) is 52.3 Å². The van der Waals surface area contributed by atoms with E-state index in [1.165, 1.54) is 0 Å². The molecule has 4 heteroatoms. The van der Waals surface area contributed by atoms with Crippen molar-refractivity contribution in [1.82, 2.24) is 0 Å². The molecule has 0 unspecified atom stereocenters. The third kappa shape index (κ3) is 2.40. The van der Waals surface area contributed by atoms with Crippen LogP contribution >= 0.6 is 0 Å². The molecule has 0 amide bonds. The van der Waals surface area contributed by atoms with E-state index >= 15 is 0 Å². The highest BCUT2D eigenvalue weighted by Gasteiger charge is 2.42. The number of esters is 1. The maximum atomic E-state index is 13.8. The van der Waals surface area contributed by atoms with Gasteiger partial charge in [0, 0.05) is 6.04 Å². The highest BCUT2D eigenvalue weighted by atomic mass is 19.1. The number of carbonyl (C=O) groups excluding carboxylic acids is 1. The number of halogens is 1. The Morgan fingerprint density at radius 3 is 2.62 bits per heavy atom. The van der Waals surface area contributed by atoms with Crippen molar-refractivity contribution in [3.8, 4) is 0 Å². The zero-order valence-corrected chi connectivity index (χ0v) is 7.88. The maximum Gasteiger partial charge on any atom is 0.343 e. The Hall–Kier alpha value is -0.640. The lowest BCUT2D eigenvalue weighted by atomic mass is 9.84. The van der Waals surface area contributed by atoms with Gasteiger partial charge in [-0.15, -0.1) is 0 Å². The van der Waals surface area contributed by atoms with E-state index in [0.29, 0.717) is 12.8 Å². The highest BCUT2D eigenvalue weighted by Crippen LogP contribution is 2.32. The summed E-state index contributed by atoms with van der Waals surface area (Å²) >= 11 is 0. The average Bonchev–Trinajstić information content (AvgIpc) is 2.11. The Morgan fingerprint density at radius 1 is 1.62 bits per heavy atom. The predicted molar refractivity (Wildman–Crippen MR) is 46.9 cm³/mol. The van der Waals surface area contributed by atoms with Crippen LogP contribution in [0.2, 0.25) is 0 Å². The minimum atomic E-state index is -1.77. The number of hydrogen-bond acceptors (Lipinski definition) is 3. The van der Waals surface area contributed by atoms with Gasteiger partial charge in [0.2, 0.25) is 5.67 Å². The van der Waals surface area contributed by atoms with Gasteiger partial charge in [-0.25, -0.2) is 9.18 Å². The van der Waals surface area contributed by atoms with Crippen LogP contribution in [0.4, 0.5) is 4.39 Å². The summed E-state index contributed by atoms with van der Waals surface area (Å²) < 4.78 is 18.5. The van der Waals surface area contributed by atoms with E-state index in [1.807, 2.05) is 0 Å². The Kier molecular flexibility index (Phi) is 3.25. The molecule has 0 atom stereocenters. The van der Waals surface area contributed by atoms with Gasteiger partial charge in [-0.1, -0.05) is 0 Å². The molecule has 1 rings (SSSR count). The lowest BCUT2D eigenvalue weighted by molar-refractivity contribution is -0.159. The second-order valence-electron chi connectivity index (χ2n) is 3.52. The van der Waals surface area contributed by atoms with E-state index in [2.05, 4.69) is 4.74 Å². The van der Waals surface area contributed by atoms with Crippen molar-refractivity contribution in [2.45, 2.75) is 44.3 Å². The Bertz CT molecular complexity index is 188. The molecule has 76 valence electrons. The minimum absolute atomic E-state index is 0.0401. The number of carbonyl (C=O) groups is 1. The first kappa shape index (κ1) is 10.4. The molecular weight excluding hydrogens is 173 g/mol. The van der Waals surface area contributed by atoms with Gasteiger partial charge < -0.3 is 10.5 Å². The van der Waals surface area contributed by atoms with Crippen LogP contribution in [0.1, 0.15) is 32.6 Å². The van der Waals surface area contributed by atoms with Crippen molar-refractivity contribution >= 4 is 5.97 Å². The molecule has 2 N–H and O–H groups in total. The summed E-state index contributed by atoms with van der Waals surface area (Å²) in [6.45, 7) is 1.91. The van der Waals surface area contributed by atoms with E-state index in [1.54, 1.807) is 6.92 Å². The fourth-order valence-corrected chi connectivity index (χ4v) is 1.56. The number of nitrogens with two attached hydrogens (primary N) is 1. The summed E-state index contributed by atoms with van der Waals surface area (Å²) in [6, 6.07) is 0.0401. The second-order valence-corrected chi connectivity index (χ2v) is 3.52. The summed E-state index contributed by atoms with van der Waals surface area (Å²) in [5.74, 6) is -0.720. The third-order valence-corrected chi connectivity index (χ3v) is 2.46. The molecule has 0 spiro atoms. The Labute approximate surface area is 77.4 Å². The maximum absolute atomic E-state index is 13.8. The molecular formula is C9H16FNO2. The SMILES string of the molecule is CCOC(=O)C1(F)CCC(N)CC1. The van der Waals surface area contributed by atoms with Crippen LogP contribution in [-0.2, 0) is 9.53 Å². The van der Waals surface area contributed by atoms with Crippen LogP contribution < -0.4 is 5.73 Å². The monoisotopic (exact) mass is 189 g/mol. The van der Waals surface area contributed by atoms with Crippen LogP contribution in [0, 0.1) is 0 Å². The van der Waals surface area contributed by atoms with Gasteiger partial charge >= 0.3 is 5.97 Å². The number of alkyl halides is 1. The van der Waals surface area contributed by atoms with Crippen LogP contribution in [0.15, 0.2) is 0 Å². The summed E-state index contributed by atoms with van der Waals surface area (Å²) in [5, 5.41) is 0. The number of hydrogen-bond donors (Lipinski definition) is 1. The van der Waals surface area contributed by atoms with Gasteiger partial charge in [0.05, 0.1) is 6.61 Å². The average molecular weight is 189 g/mol. The molecule has 0 bridgehead atoms. The lowest BCUT2D eigenvalue weighted by Crippen LogP contribution is -2.42. The normalized spacial score (nSPS) is 34.2. The summed E-state index contributed by atoms with van der Waals surface area (Å²) in [4.78, 5) is 11.2. The molecule has 3 nitrogen and oxygen atoms in total. The molecule has 0 aromatic heterocycles. The first-order valence-electron chi connectivity index (χ1n) is 4.70. The van der Waals surface area contributed by atoms with Crippen molar-refractivity contribution < 1.29 is 13.9 Å². The van der Waals surface area contributed by atoms with Crippen LogP contribution in [-0.4, -0.2) is 24.3 Å². The van der Waals surface area contributed by atoms with Gasteiger partial charge in [0.1, 0.15) is 0 Å². The first-order valence-corrected chi connectivity index (χ1v) is 4.70. The summed E-state index contributed by atoms with van der Waals surface area (Å²) in [7, 11) is 0. The largest absolute Gasteiger partial charge is 0.464 e. The molecule has 1 aliphatic rings. The molecule has 1 aliphatic carbocycles. The van der Waals surface area contributed by atoms with E-state index in [-0.39, 0.29) is 25.5 Å². The predicted octanol–water partition coefficient (Wildman–Crippen LogP) is 1.16. The van der Waals surface area contributed by atoms with Gasteiger partial charge in [-0.3, -0.25) is 0 Å². The van der Waals surface area contributed by atoms with Crippen molar-refractivity contribution in [3.05, 3.63) is 0 Å². The van der Waals surface area contributed by atoms with Gasteiger partial charge in [-0.2, -0.15) is 0 Å². The van der Waals surface area contributed by atoms with Crippen molar-refractivity contribution in [3.63, 3.8) is 0 Å². The quantitative estimate of drug-likeness (QED) is 0.663. The smallest absolute Gasteiger partial charge is 0.343 e. The van der Waals surface area contributed by atoms with E-state index < -0.39 is 11.6 Å². The molecule has 1 saturated carbocycles. The molecule has 0 saturated heterocycles. The Balaban J connectivity index is 2.51. The lowest BCUT2D eigenvalue weighted by Gasteiger charge is -2.30. The molecule has 0 aliphatic heterocycles. The van der Waals surface area contributed by atoms with Crippen LogP contribution in [0.5, 0.6) is 0 Å². The highest BCUT2D eigenvalue weighted by molar-refractivity contribution is 5.79. The number of ether oxygens (including phenoxy) is 1. The van der Waals surface area contributed by atoms with Crippen LogP contribution in [0.3, 0.4) is 0 Å². The second kappa shape index (κ2) is 4.05. The molecule has 0 radical (unpaired) electrons. The summed E-state index contributed by atoms with van der Waals surface area (Å²) in [5.41, 5.74) is 3.84. The van der Waals surface area contributed by atoms with Gasteiger partial charge in [-0.05, 0) is 32.6 Å². The van der Waals surface area contributed by atoms with Gasteiger partial charge in [0.15, 0.2) is 0 Å². The fraction of sp³-hybridized carbons (Fsp3) is 0.889. The summed E-state index contributed by atoms with van der Waals surface area (Å²) in [6.07, 6.45) is 1.53. The molecule has 1 fully saturated rings. The molecule has 13 heavy (non-hydrogen) atoms. The minimum Gasteiger partial charge on any atom is -0.464 e. The fourth-order valence-electron chi connectivity index (χ4n) is 1.56. The van der Waals surface area contributed by atoms with E-state index in [4.69, 9.17) is 5.73 Å². The standard InChI is InChI=1S/C9H16FNO2/c1-2-13-8(12)9(10)5-3-7(11)4-6-9/h7H,2-6,11H2,1H3. The first-order chi connectivity index (χ1) is 6.08. The van der Waals surface area contributed by atoms with E-state index in [0.717, 1.165) is 0 Å². The zero-order valence-electron chi connectivity index (χ0n) is 7.88. The van der Waals surface area contributed by atoms with E-state index in [9.17, 15) is 9.18 Å². The molecule has 0 heterocycles. The molecule has 0 aromatic carbocycles. The van der Waals surface area contributed by atoms with Crippen molar-refractivity contribution in [2.24, 2.45) is 5.73 Å².